The van der Waals surface area contributed by atoms with Crippen LogP contribution in [0, 0.1) is 0 Å². The third-order valence-corrected chi connectivity index (χ3v) is 0.794. The molecule has 0 aliphatic heterocycles. The van der Waals surface area contributed by atoms with Crippen LogP contribution in [0.25, 0.3) is 0 Å². The fraction of sp³-hybridized carbons (Fsp3) is 1.00. The molecule has 1 unspecified atom stereocenters. The second kappa shape index (κ2) is 7.31. The van der Waals surface area contributed by atoms with Crippen LogP contribution in [0.1, 0.15) is 19.8 Å². The van der Waals surface area contributed by atoms with Gasteiger partial charge < -0.3 is 5.11 Å². The molecule has 0 rings (SSSR count). The Hall–Kier alpha value is 1.31. The zero-order valence-electron chi connectivity index (χ0n) is 4.85. The summed E-state index contributed by atoms with van der Waals surface area (Å²) in [6.45, 7) is 1.97. The van der Waals surface area contributed by atoms with E-state index in [0.717, 1.165) is 6.42 Å². The Morgan fingerprint density at radius 2 is 2.14 bits per heavy atom. The summed E-state index contributed by atoms with van der Waals surface area (Å²) in [5.41, 5.74) is -0.657. The van der Waals surface area contributed by atoms with Crippen molar-refractivity contribution in [1.82, 2.24) is 0 Å². The zero-order chi connectivity index (χ0) is 4.99. The maximum atomic E-state index is 9.99. The molecule has 0 radical (unpaired) electrons. The van der Waals surface area contributed by atoms with Gasteiger partial charge in [-0.1, -0.05) is 25.2 Å². The zero-order valence-corrected chi connectivity index (χ0v) is 7.74. The summed E-state index contributed by atoms with van der Waals surface area (Å²) in [6.07, 6.45) is 1.63. The van der Waals surface area contributed by atoms with Gasteiger partial charge in [0.2, 0.25) is 0 Å². The molecule has 0 aromatic rings. The van der Waals surface area contributed by atoms with Crippen LogP contribution in [0.2, 0.25) is 0 Å². The van der Waals surface area contributed by atoms with Crippen LogP contribution in [0.3, 0.4) is 0 Å². The molecule has 0 spiro atoms. The Bertz CT molecular complexity index is 32.9. The van der Waals surface area contributed by atoms with Crippen molar-refractivity contribution in [1.29, 1.82) is 0 Å². The van der Waals surface area contributed by atoms with E-state index in [9.17, 15) is 5.11 Å². The monoisotopic (exact) mass is 128 g/mol. The van der Waals surface area contributed by atoms with Gasteiger partial charge in [-0.05, 0) is 0 Å². The fourth-order valence-corrected chi connectivity index (χ4v) is 0.505. The molecule has 0 amide bonds. The van der Waals surface area contributed by atoms with Gasteiger partial charge in [0.05, 0.1) is 0 Å². The van der Waals surface area contributed by atoms with Gasteiger partial charge >= 0.3 is 29.6 Å². The van der Waals surface area contributed by atoms with E-state index in [0.29, 0.717) is 6.42 Å². The van der Waals surface area contributed by atoms with Gasteiger partial charge in [0.1, 0.15) is 0 Å². The molecule has 38 valence electrons. The van der Waals surface area contributed by atoms with Gasteiger partial charge in [-0.25, -0.2) is 0 Å². The molecule has 7 heavy (non-hydrogen) atoms. The average Bonchev–Trinajstić information content (AvgIpc) is 1.35. The first-order chi connectivity index (χ1) is 2.77. The predicted molar refractivity (Wildman–Crippen MR) is 27.7 cm³/mol. The topological polar surface area (TPSA) is 23.1 Å². The average molecular weight is 128 g/mol. The van der Waals surface area contributed by atoms with E-state index in [-0.39, 0.29) is 29.6 Å². The van der Waals surface area contributed by atoms with Crippen molar-refractivity contribution >= 4 is 12.6 Å². The van der Waals surface area contributed by atoms with Crippen molar-refractivity contribution in [2.45, 2.75) is 25.2 Å². The largest absolute Gasteiger partial charge is 1.00 e. The maximum absolute atomic E-state index is 9.99. The molecule has 0 aromatic heterocycles. The Morgan fingerprint density at radius 3 is 2.14 bits per heavy atom. The summed E-state index contributed by atoms with van der Waals surface area (Å²) in [7, 11) is 0. The van der Waals surface area contributed by atoms with Crippen molar-refractivity contribution in [3.63, 3.8) is 0 Å². The Balaban J connectivity index is 0. The normalized spacial score (nSPS) is 12.4. The number of hydrogen-bond acceptors (Lipinski definition) is 2. The van der Waals surface area contributed by atoms with Gasteiger partial charge in [-0.3, -0.25) is 0 Å². The first-order valence-corrected chi connectivity index (χ1v) is 2.63. The maximum Gasteiger partial charge on any atom is 1.00 e. The fourth-order valence-electron chi connectivity index (χ4n) is 0.247. The van der Waals surface area contributed by atoms with Crippen LogP contribution < -0.4 is 34.7 Å². The summed E-state index contributed by atoms with van der Waals surface area (Å²) in [4.78, 5) is 0. The third-order valence-electron chi connectivity index (χ3n) is 0.536. The van der Waals surface area contributed by atoms with Crippen molar-refractivity contribution in [3.8, 4) is 0 Å². The van der Waals surface area contributed by atoms with Gasteiger partial charge in [0, 0.05) is 0 Å². The minimum Gasteiger partial charge on any atom is -0.844 e. The van der Waals surface area contributed by atoms with E-state index in [2.05, 4.69) is 12.6 Å². The third kappa shape index (κ3) is 11.1. The van der Waals surface area contributed by atoms with Gasteiger partial charge in [-0.2, -0.15) is 12.6 Å². The van der Waals surface area contributed by atoms with Crippen LogP contribution >= 0.6 is 12.6 Å². The van der Waals surface area contributed by atoms with Crippen LogP contribution in [-0.4, -0.2) is 5.44 Å². The van der Waals surface area contributed by atoms with E-state index in [4.69, 9.17) is 0 Å². The molecule has 0 aromatic carbocycles. The summed E-state index contributed by atoms with van der Waals surface area (Å²) < 4.78 is 0. The molecule has 0 N–H and O–H groups in total. The van der Waals surface area contributed by atoms with E-state index >= 15 is 0 Å². The number of hydrogen-bond donors (Lipinski definition) is 1. The molecule has 0 saturated carbocycles. The molecule has 1 atom stereocenters. The minimum atomic E-state index is -0.657. The summed E-state index contributed by atoms with van der Waals surface area (Å²) in [5.74, 6) is 0. The summed E-state index contributed by atoms with van der Waals surface area (Å²) >= 11 is 3.62. The first-order valence-electron chi connectivity index (χ1n) is 2.11. The minimum absolute atomic E-state index is 0. The smallest absolute Gasteiger partial charge is 0.844 e. The van der Waals surface area contributed by atoms with Gasteiger partial charge in [0.15, 0.2) is 0 Å². The predicted octanol–water partition coefficient (Wildman–Crippen LogP) is -2.59. The molecule has 0 aliphatic carbocycles. The molecule has 0 aliphatic rings. The second-order valence-electron chi connectivity index (χ2n) is 1.24. The summed E-state index contributed by atoms with van der Waals surface area (Å²) in [6, 6.07) is 0. The molecular formula is C4H9NaOS. The van der Waals surface area contributed by atoms with E-state index < -0.39 is 5.44 Å². The Kier molecular flexibility index (Phi) is 11.6. The molecule has 0 fully saturated rings. The molecule has 1 nitrogen and oxygen atoms in total. The van der Waals surface area contributed by atoms with Crippen LogP contribution in [-0.2, 0) is 0 Å². The standard InChI is InChI=1S/C4H9OS.Na/c1-2-3-4(5)6;/h4,6H,2-3H2,1H3;/q-1;+1. The molecule has 0 bridgehead atoms. The van der Waals surface area contributed by atoms with Crippen molar-refractivity contribution in [2.24, 2.45) is 0 Å². The van der Waals surface area contributed by atoms with E-state index in [1.54, 1.807) is 0 Å². The summed E-state index contributed by atoms with van der Waals surface area (Å²) in [5, 5.41) is 9.99. The van der Waals surface area contributed by atoms with Crippen LogP contribution in [0.5, 0.6) is 0 Å². The SMILES string of the molecule is CCCC([O-])S.[Na+]. The Labute approximate surface area is 72.2 Å². The molecule has 3 heteroatoms. The van der Waals surface area contributed by atoms with Gasteiger partial charge in [-0.15, -0.1) is 0 Å². The number of rotatable bonds is 2. The molecule has 0 saturated heterocycles. The van der Waals surface area contributed by atoms with Crippen molar-refractivity contribution in [2.75, 3.05) is 0 Å². The van der Waals surface area contributed by atoms with Crippen LogP contribution in [0.15, 0.2) is 0 Å². The van der Waals surface area contributed by atoms with Crippen LogP contribution in [0.4, 0.5) is 0 Å². The van der Waals surface area contributed by atoms with Crippen molar-refractivity contribution in [3.05, 3.63) is 0 Å². The Morgan fingerprint density at radius 1 is 1.71 bits per heavy atom. The molecular weight excluding hydrogens is 119 g/mol. The van der Waals surface area contributed by atoms with E-state index in [1.807, 2.05) is 6.92 Å². The second-order valence-corrected chi connectivity index (χ2v) is 1.82. The number of thiol groups is 1. The molecule has 0 heterocycles. The first kappa shape index (κ1) is 11.2. The quantitative estimate of drug-likeness (QED) is 0.246. The van der Waals surface area contributed by atoms with E-state index in [1.165, 1.54) is 0 Å². The van der Waals surface area contributed by atoms with Crippen molar-refractivity contribution < 1.29 is 34.7 Å². The van der Waals surface area contributed by atoms with Gasteiger partial charge in [0.25, 0.3) is 0 Å².